The normalized spacial score (nSPS) is 18.0. The topological polar surface area (TPSA) is 98.2 Å². The van der Waals surface area contributed by atoms with E-state index >= 15 is 0 Å². The third-order valence-electron chi connectivity index (χ3n) is 3.12. The molecule has 0 bridgehead atoms. The lowest BCUT2D eigenvalue weighted by Gasteiger charge is -2.26. The number of esters is 1. The molecule has 21 heavy (non-hydrogen) atoms. The Morgan fingerprint density at radius 2 is 2.38 bits per heavy atom. The smallest absolute Gasteiger partial charge is 0.338 e. The Bertz CT molecular complexity index is 656. The lowest BCUT2D eigenvalue weighted by atomic mass is 9.84. The summed E-state index contributed by atoms with van der Waals surface area (Å²) >= 11 is 0. The second kappa shape index (κ2) is 6.09. The molecule has 0 fully saturated rings. The van der Waals surface area contributed by atoms with E-state index in [0.717, 1.165) is 0 Å². The molecule has 0 radical (unpaired) electrons. The predicted molar refractivity (Wildman–Crippen MR) is 74.2 cm³/mol. The van der Waals surface area contributed by atoms with Crippen LogP contribution in [0.15, 0.2) is 47.3 Å². The monoisotopic (exact) mass is 285 g/mol. The van der Waals surface area contributed by atoms with Crippen molar-refractivity contribution in [3.8, 4) is 6.07 Å². The van der Waals surface area contributed by atoms with Crippen LogP contribution in [0.4, 0.5) is 0 Å². The minimum absolute atomic E-state index is 0.00287. The number of nitriles is 1. The van der Waals surface area contributed by atoms with Gasteiger partial charge in [-0.1, -0.05) is 6.07 Å². The van der Waals surface area contributed by atoms with Crippen LogP contribution < -0.4 is 5.73 Å². The molecule has 0 saturated heterocycles. The van der Waals surface area contributed by atoms with Crippen LogP contribution in [0.1, 0.15) is 25.3 Å². The number of ether oxygens (including phenoxy) is 2. The molecule has 0 aliphatic carbocycles. The summed E-state index contributed by atoms with van der Waals surface area (Å²) in [7, 11) is 0. The van der Waals surface area contributed by atoms with Crippen LogP contribution in [0.2, 0.25) is 0 Å². The first-order chi connectivity index (χ1) is 10.1. The maximum absolute atomic E-state index is 12.2. The zero-order chi connectivity index (χ0) is 15.4. The van der Waals surface area contributed by atoms with E-state index in [1.54, 1.807) is 38.4 Å². The first kappa shape index (κ1) is 14.6. The molecule has 1 aliphatic heterocycles. The number of hydrogen-bond donors (Lipinski definition) is 1. The van der Waals surface area contributed by atoms with Gasteiger partial charge < -0.3 is 15.2 Å². The van der Waals surface area contributed by atoms with Crippen LogP contribution >= 0.6 is 0 Å². The van der Waals surface area contributed by atoms with Crippen LogP contribution in [0.5, 0.6) is 0 Å². The summed E-state index contributed by atoms with van der Waals surface area (Å²) in [6.45, 7) is 3.57. The highest BCUT2D eigenvalue weighted by molar-refractivity contribution is 5.92. The van der Waals surface area contributed by atoms with Crippen molar-refractivity contribution < 1.29 is 14.3 Å². The Kier molecular flexibility index (Phi) is 4.24. The summed E-state index contributed by atoms with van der Waals surface area (Å²) in [5.74, 6) is -0.823. The van der Waals surface area contributed by atoms with Crippen LogP contribution in [0, 0.1) is 11.3 Å². The van der Waals surface area contributed by atoms with E-state index < -0.39 is 11.9 Å². The van der Waals surface area contributed by atoms with Gasteiger partial charge in [-0.15, -0.1) is 0 Å². The third-order valence-corrected chi connectivity index (χ3v) is 3.12. The lowest BCUT2D eigenvalue weighted by molar-refractivity contribution is -0.139. The second-order valence-electron chi connectivity index (χ2n) is 4.40. The SMILES string of the molecule is CCOC(=O)C1=C(C)OC(N)=C(C#N)[C@H]1c1cccnc1. The number of carbonyl (C=O) groups is 1. The minimum atomic E-state index is -0.628. The number of hydrogen-bond acceptors (Lipinski definition) is 6. The molecular formula is C15H15N3O3. The molecule has 6 nitrogen and oxygen atoms in total. The maximum atomic E-state index is 12.2. The van der Waals surface area contributed by atoms with Gasteiger partial charge in [-0.05, 0) is 25.5 Å². The lowest BCUT2D eigenvalue weighted by Crippen LogP contribution is -2.25. The molecule has 0 saturated carbocycles. The van der Waals surface area contributed by atoms with E-state index in [9.17, 15) is 10.1 Å². The molecule has 1 atom stereocenters. The Hall–Kier alpha value is -2.81. The summed E-state index contributed by atoms with van der Waals surface area (Å²) in [5.41, 5.74) is 6.91. The average molecular weight is 285 g/mol. The molecule has 1 aliphatic rings. The molecular weight excluding hydrogens is 270 g/mol. The van der Waals surface area contributed by atoms with E-state index in [1.807, 2.05) is 6.07 Å². The highest BCUT2D eigenvalue weighted by Gasteiger charge is 2.36. The van der Waals surface area contributed by atoms with Crippen molar-refractivity contribution in [3.05, 3.63) is 52.9 Å². The first-order valence-electron chi connectivity index (χ1n) is 6.45. The van der Waals surface area contributed by atoms with Crippen LogP contribution in [0.3, 0.4) is 0 Å². The van der Waals surface area contributed by atoms with E-state index in [4.69, 9.17) is 15.2 Å². The molecule has 108 valence electrons. The summed E-state index contributed by atoms with van der Waals surface area (Å²) in [6, 6.07) is 5.52. The molecule has 0 aromatic carbocycles. The third kappa shape index (κ3) is 2.72. The van der Waals surface area contributed by atoms with E-state index in [1.165, 1.54) is 0 Å². The Morgan fingerprint density at radius 1 is 1.62 bits per heavy atom. The Morgan fingerprint density at radius 3 is 2.95 bits per heavy atom. The summed E-state index contributed by atoms with van der Waals surface area (Å²) < 4.78 is 10.4. The molecule has 6 heteroatoms. The highest BCUT2D eigenvalue weighted by Crippen LogP contribution is 2.39. The van der Waals surface area contributed by atoms with E-state index in [2.05, 4.69) is 4.98 Å². The zero-order valence-corrected chi connectivity index (χ0v) is 11.8. The van der Waals surface area contributed by atoms with Gasteiger partial charge in [0.05, 0.1) is 18.1 Å². The summed E-state index contributed by atoms with van der Waals surface area (Å²) in [4.78, 5) is 16.2. The number of rotatable bonds is 3. The maximum Gasteiger partial charge on any atom is 0.338 e. The van der Waals surface area contributed by atoms with Gasteiger partial charge in [-0.25, -0.2) is 4.79 Å². The van der Waals surface area contributed by atoms with Crippen molar-refractivity contribution in [2.24, 2.45) is 5.73 Å². The van der Waals surface area contributed by atoms with Crippen LogP contribution in [-0.4, -0.2) is 17.6 Å². The number of nitrogens with zero attached hydrogens (tertiary/aromatic N) is 2. The van der Waals surface area contributed by atoms with Gasteiger partial charge in [0, 0.05) is 12.4 Å². The van der Waals surface area contributed by atoms with Crippen molar-refractivity contribution >= 4 is 5.97 Å². The molecule has 2 N–H and O–H groups in total. The van der Waals surface area contributed by atoms with Gasteiger partial charge in [0.2, 0.25) is 5.88 Å². The van der Waals surface area contributed by atoms with Crippen molar-refractivity contribution in [2.45, 2.75) is 19.8 Å². The molecule has 0 unspecified atom stereocenters. The fraction of sp³-hybridized carbons (Fsp3) is 0.267. The van der Waals surface area contributed by atoms with Crippen molar-refractivity contribution in [1.29, 1.82) is 5.26 Å². The molecule has 1 aromatic heterocycles. The number of carbonyl (C=O) groups excluding carboxylic acids is 1. The van der Waals surface area contributed by atoms with Gasteiger partial charge in [-0.3, -0.25) is 4.98 Å². The van der Waals surface area contributed by atoms with Crippen molar-refractivity contribution in [1.82, 2.24) is 4.98 Å². The number of allylic oxidation sites excluding steroid dienone is 2. The summed E-state index contributed by atoms with van der Waals surface area (Å²) in [6.07, 6.45) is 3.20. The second-order valence-corrected chi connectivity index (χ2v) is 4.40. The summed E-state index contributed by atoms with van der Waals surface area (Å²) in [5, 5.41) is 9.35. The quantitative estimate of drug-likeness (QED) is 0.849. The Labute approximate surface area is 122 Å². The van der Waals surface area contributed by atoms with Crippen molar-refractivity contribution in [3.63, 3.8) is 0 Å². The van der Waals surface area contributed by atoms with Crippen LogP contribution in [-0.2, 0) is 14.3 Å². The van der Waals surface area contributed by atoms with Crippen molar-refractivity contribution in [2.75, 3.05) is 6.61 Å². The largest absolute Gasteiger partial charge is 0.463 e. The molecule has 1 aromatic rings. The molecule has 2 heterocycles. The molecule has 0 spiro atoms. The standard InChI is InChI=1S/C15H15N3O3/c1-3-20-15(19)12-9(2)21-14(17)11(7-16)13(12)10-5-4-6-18-8-10/h4-6,8,13H,3,17H2,1-2H3/t13-/m1/s1. The number of nitrogens with two attached hydrogens (primary N) is 1. The average Bonchev–Trinajstić information content (AvgIpc) is 2.47. The predicted octanol–water partition coefficient (Wildman–Crippen LogP) is 1.73. The fourth-order valence-corrected chi connectivity index (χ4v) is 2.23. The van der Waals surface area contributed by atoms with Gasteiger partial charge >= 0.3 is 5.97 Å². The fourth-order valence-electron chi connectivity index (χ4n) is 2.23. The highest BCUT2D eigenvalue weighted by atomic mass is 16.5. The van der Waals surface area contributed by atoms with Gasteiger partial charge in [0.1, 0.15) is 17.4 Å². The van der Waals surface area contributed by atoms with Crippen LogP contribution in [0.25, 0.3) is 0 Å². The number of aromatic nitrogens is 1. The molecule has 2 rings (SSSR count). The minimum Gasteiger partial charge on any atom is -0.463 e. The molecule has 0 amide bonds. The van der Waals surface area contributed by atoms with E-state index in [-0.39, 0.29) is 23.6 Å². The number of pyridine rings is 1. The van der Waals surface area contributed by atoms with E-state index in [0.29, 0.717) is 11.3 Å². The Balaban J connectivity index is 2.58. The van der Waals surface area contributed by atoms with Gasteiger partial charge in [0.15, 0.2) is 0 Å². The zero-order valence-electron chi connectivity index (χ0n) is 11.8. The van der Waals surface area contributed by atoms with Gasteiger partial charge in [-0.2, -0.15) is 5.26 Å². The first-order valence-corrected chi connectivity index (χ1v) is 6.45. The van der Waals surface area contributed by atoms with Gasteiger partial charge in [0.25, 0.3) is 0 Å².